The van der Waals surface area contributed by atoms with E-state index in [1.807, 2.05) is 19.9 Å². The standard InChI is InChI=1S/C11H12Cl2FN/c1-7(2)3-4-15-8-5-9(12)11(14)10(13)6-8/h3,5-6,15H,4H2,1-2H3. The second-order valence-corrected chi connectivity index (χ2v) is 4.23. The third-order valence-corrected chi connectivity index (χ3v) is 2.35. The molecule has 4 heteroatoms. The molecule has 0 radical (unpaired) electrons. The number of halogens is 3. The number of nitrogens with one attached hydrogen (secondary N) is 1. The van der Waals surface area contributed by atoms with Gasteiger partial charge in [0.05, 0.1) is 10.0 Å². The molecule has 0 aromatic heterocycles. The average Bonchev–Trinajstić information content (AvgIpc) is 2.13. The summed E-state index contributed by atoms with van der Waals surface area (Å²) in [6.45, 7) is 4.68. The van der Waals surface area contributed by atoms with Crippen molar-refractivity contribution < 1.29 is 4.39 Å². The van der Waals surface area contributed by atoms with Crippen molar-refractivity contribution in [2.45, 2.75) is 13.8 Å². The first-order chi connectivity index (χ1) is 7.00. The van der Waals surface area contributed by atoms with E-state index in [9.17, 15) is 4.39 Å². The van der Waals surface area contributed by atoms with E-state index in [0.717, 1.165) is 0 Å². The van der Waals surface area contributed by atoms with Crippen LogP contribution in [0.2, 0.25) is 10.0 Å². The highest BCUT2D eigenvalue weighted by Crippen LogP contribution is 2.27. The fourth-order valence-corrected chi connectivity index (χ4v) is 1.52. The number of anilines is 1. The minimum absolute atomic E-state index is 0.0298. The van der Waals surface area contributed by atoms with Gasteiger partial charge >= 0.3 is 0 Å². The Labute approximate surface area is 98.9 Å². The monoisotopic (exact) mass is 247 g/mol. The van der Waals surface area contributed by atoms with Crippen LogP contribution in [0.1, 0.15) is 13.8 Å². The number of allylic oxidation sites excluding steroid dienone is 1. The van der Waals surface area contributed by atoms with E-state index in [-0.39, 0.29) is 10.0 Å². The molecule has 82 valence electrons. The minimum Gasteiger partial charge on any atom is -0.381 e. The van der Waals surface area contributed by atoms with Gasteiger partial charge in [-0.25, -0.2) is 4.39 Å². The lowest BCUT2D eigenvalue weighted by Gasteiger charge is -2.06. The van der Waals surface area contributed by atoms with E-state index in [0.29, 0.717) is 12.2 Å². The van der Waals surface area contributed by atoms with Crippen LogP contribution in [0.15, 0.2) is 23.8 Å². The summed E-state index contributed by atoms with van der Waals surface area (Å²) in [6, 6.07) is 3.03. The summed E-state index contributed by atoms with van der Waals surface area (Å²) >= 11 is 11.3. The zero-order valence-electron chi connectivity index (χ0n) is 8.57. The molecule has 0 saturated heterocycles. The lowest BCUT2D eigenvalue weighted by atomic mass is 10.3. The molecule has 1 nitrogen and oxygen atoms in total. The zero-order valence-corrected chi connectivity index (χ0v) is 10.1. The van der Waals surface area contributed by atoms with Crippen LogP contribution in [0.4, 0.5) is 10.1 Å². The average molecular weight is 248 g/mol. The zero-order chi connectivity index (χ0) is 11.4. The molecule has 0 spiro atoms. The Hall–Kier alpha value is -0.730. The maximum Gasteiger partial charge on any atom is 0.160 e. The maximum absolute atomic E-state index is 13.1. The van der Waals surface area contributed by atoms with E-state index in [1.54, 1.807) is 0 Å². The molecule has 15 heavy (non-hydrogen) atoms. The van der Waals surface area contributed by atoms with E-state index >= 15 is 0 Å². The highest BCUT2D eigenvalue weighted by atomic mass is 35.5. The molecule has 0 fully saturated rings. The fourth-order valence-electron chi connectivity index (χ4n) is 1.03. The van der Waals surface area contributed by atoms with E-state index < -0.39 is 5.82 Å². The molecule has 0 heterocycles. The number of hydrogen-bond donors (Lipinski definition) is 1. The molecular weight excluding hydrogens is 236 g/mol. The summed E-state index contributed by atoms with van der Waals surface area (Å²) in [4.78, 5) is 0. The van der Waals surface area contributed by atoms with Crippen LogP contribution in [0.25, 0.3) is 0 Å². The highest BCUT2D eigenvalue weighted by Gasteiger charge is 2.06. The van der Waals surface area contributed by atoms with Gasteiger partial charge in [-0.3, -0.25) is 0 Å². The van der Waals surface area contributed by atoms with Crippen molar-refractivity contribution in [3.8, 4) is 0 Å². The summed E-state index contributed by atoms with van der Waals surface area (Å²) in [7, 11) is 0. The van der Waals surface area contributed by atoms with Crippen molar-refractivity contribution in [3.05, 3.63) is 39.6 Å². The third-order valence-electron chi connectivity index (χ3n) is 1.80. The molecule has 0 unspecified atom stereocenters. The molecule has 1 aromatic rings. The predicted molar refractivity (Wildman–Crippen MR) is 64.3 cm³/mol. The van der Waals surface area contributed by atoms with Crippen molar-refractivity contribution in [2.75, 3.05) is 11.9 Å². The molecule has 0 saturated carbocycles. The van der Waals surface area contributed by atoms with Crippen molar-refractivity contribution in [1.82, 2.24) is 0 Å². The number of rotatable bonds is 3. The predicted octanol–water partition coefficient (Wildman–Crippen LogP) is 4.51. The minimum atomic E-state index is -0.578. The van der Waals surface area contributed by atoms with Crippen molar-refractivity contribution >= 4 is 28.9 Å². The van der Waals surface area contributed by atoms with E-state index in [4.69, 9.17) is 23.2 Å². The van der Waals surface area contributed by atoms with Gasteiger partial charge in [-0.05, 0) is 26.0 Å². The molecule has 0 aliphatic heterocycles. The van der Waals surface area contributed by atoms with E-state index in [2.05, 4.69) is 5.32 Å². The number of hydrogen-bond acceptors (Lipinski definition) is 1. The smallest absolute Gasteiger partial charge is 0.160 e. The highest BCUT2D eigenvalue weighted by molar-refractivity contribution is 6.35. The summed E-state index contributed by atoms with van der Waals surface area (Å²) in [5, 5.41) is 3.13. The van der Waals surface area contributed by atoms with Gasteiger partial charge in [0.15, 0.2) is 5.82 Å². The van der Waals surface area contributed by atoms with Crippen LogP contribution < -0.4 is 5.32 Å². The van der Waals surface area contributed by atoms with Crippen LogP contribution in [-0.2, 0) is 0 Å². The summed E-state index contributed by atoms with van der Waals surface area (Å²) < 4.78 is 13.1. The third kappa shape index (κ3) is 3.73. The van der Waals surface area contributed by atoms with Gasteiger partial charge in [0.25, 0.3) is 0 Å². The normalized spacial score (nSPS) is 9.93. The largest absolute Gasteiger partial charge is 0.381 e. The first kappa shape index (κ1) is 12.3. The summed E-state index contributed by atoms with van der Waals surface area (Å²) in [5.74, 6) is -0.578. The van der Waals surface area contributed by atoms with Gasteiger partial charge in [-0.15, -0.1) is 0 Å². The van der Waals surface area contributed by atoms with Gasteiger partial charge in [0.2, 0.25) is 0 Å². The van der Waals surface area contributed by atoms with Crippen LogP contribution in [0.5, 0.6) is 0 Å². The molecule has 0 atom stereocenters. The van der Waals surface area contributed by atoms with Gasteiger partial charge in [-0.1, -0.05) is 34.9 Å². The lowest BCUT2D eigenvalue weighted by molar-refractivity contribution is 0.629. The Balaban J connectivity index is 2.75. The van der Waals surface area contributed by atoms with Crippen molar-refractivity contribution in [2.24, 2.45) is 0 Å². The summed E-state index contributed by atoms with van der Waals surface area (Å²) in [6.07, 6.45) is 2.02. The van der Waals surface area contributed by atoms with Gasteiger partial charge in [0, 0.05) is 12.2 Å². The fraction of sp³-hybridized carbons (Fsp3) is 0.273. The van der Waals surface area contributed by atoms with Gasteiger partial charge in [0.1, 0.15) is 0 Å². The van der Waals surface area contributed by atoms with E-state index in [1.165, 1.54) is 17.7 Å². The molecule has 0 aliphatic carbocycles. The number of benzene rings is 1. The Kier molecular flexibility index (Phi) is 4.43. The Bertz CT molecular complexity index is 361. The second-order valence-electron chi connectivity index (χ2n) is 3.42. The first-order valence-corrected chi connectivity index (χ1v) is 5.28. The van der Waals surface area contributed by atoms with Crippen LogP contribution in [0, 0.1) is 5.82 Å². The summed E-state index contributed by atoms with van der Waals surface area (Å²) in [5.41, 5.74) is 1.92. The second kappa shape index (κ2) is 5.38. The van der Waals surface area contributed by atoms with Gasteiger partial charge < -0.3 is 5.32 Å². The van der Waals surface area contributed by atoms with Gasteiger partial charge in [-0.2, -0.15) is 0 Å². The van der Waals surface area contributed by atoms with Crippen LogP contribution >= 0.6 is 23.2 Å². The first-order valence-electron chi connectivity index (χ1n) is 4.52. The molecule has 1 N–H and O–H groups in total. The maximum atomic E-state index is 13.1. The molecule has 1 aromatic carbocycles. The molecular formula is C11H12Cl2FN. The van der Waals surface area contributed by atoms with Crippen molar-refractivity contribution in [1.29, 1.82) is 0 Å². The molecule has 0 bridgehead atoms. The molecule has 1 rings (SSSR count). The molecule has 0 amide bonds. The SMILES string of the molecule is CC(C)=CCNc1cc(Cl)c(F)c(Cl)c1. The van der Waals surface area contributed by atoms with Crippen molar-refractivity contribution in [3.63, 3.8) is 0 Å². The molecule has 0 aliphatic rings. The quantitative estimate of drug-likeness (QED) is 0.612. The Morgan fingerprint density at radius 3 is 2.33 bits per heavy atom. The topological polar surface area (TPSA) is 12.0 Å². The van der Waals surface area contributed by atoms with Crippen LogP contribution in [0.3, 0.4) is 0 Å². The lowest BCUT2D eigenvalue weighted by Crippen LogP contribution is -1.99. The van der Waals surface area contributed by atoms with Crippen LogP contribution in [-0.4, -0.2) is 6.54 Å². The Morgan fingerprint density at radius 1 is 1.33 bits per heavy atom. The Morgan fingerprint density at radius 2 is 1.87 bits per heavy atom.